The summed E-state index contributed by atoms with van der Waals surface area (Å²) in [7, 11) is 0. The van der Waals surface area contributed by atoms with Crippen LogP contribution in [0.3, 0.4) is 0 Å². The van der Waals surface area contributed by atoms with Crippen molar-refractivity contribution < 1.29 is 19.1 Å². The van der Waals surface area contributed by atoms with Crippen molar-refractivity contribution in [2.45, 2.75) is 6.92 Å². The van der Waals surface area contributed by atoms with E-state index in [0.29, 0.717) is 11.1 Å². The zero-order chi connectivity index (χ0) is 17.0. The van der Waals surface area contributed by atoms with Crippen molar-refractivity contribution in [3.05, 3.63) is 70.0 Å². The van der Waals surface area contributed by atoms with Crippen LogP contribution in [0.2, 0.25) is 5.02 Å². The van der Waals surface area contributed by atoms with Gasteiger partial charge in [0, 0.05) is 5.57 Å². The molecule has 0 radical (unpaired) electrons. The predicted octanol–water partition coefficient (Wildman–Crippen LogP) is 4.22. The van der Waals surface area contributed by atoms with Gasteiger partial charge in [-0.15, -0.1) is 0 Å². The summed E-state index contributed by atoms with van der Waals surface area (Å²) >= 11 is 5.96. The van der Waals surface area contributed by atoms with Crippen molar-refractivity contribution in [1.29, 1.82) is 0 Å². The van der Waals surface area contributed by atoms with Gasteiger partial charge in [0.05, 0.1) is 16.3 Å². The van der Waals surface area contributed by atoms with Gasteiger partial charge in [0.15, 0.2) is 0 Å². The summed E-state index contributed by atoms with van der Waals surface area (Å²) in [6.07, 6.45) is 1.59. The number of carboxylic acids is 1. The maximum Gasteiger partial charge on any atom is 0.335 e. The summed E-state index contributed by atoms with van der Waals surface area (Å²) in [5, 5.41) is 11.8. The number of hydrogen-bond acceptors (Lipinski definition) is 2. The van der Waals surface area contributed by atoms with Gasteiger partial charge in [-0.2, -0.15) is 0 Å². The summed E-state index contributed by atoms with van der Waals surface area (Å²) in [6, 6.07) is 9.72. The topological polar surface area (TPSA) is 66.4 Å². The monoisotopic (exact) mass is 333 g/mol. The maximum atomic E-state index is 12.9. The van der Waals surface area contributed by atoms with E-state index in [4.69, 9.17) is 16.7 Å². The average molecular weight is 334 g/mol. The van der Waals surface area contributed by atoms with Crippen molar-refractivity contribution >= 4 is 35.2 Å². The second-order valence-electron chi connectivity index (χ2n) is 4.83. The fourth-order valence-electron chi connectivity index (χ4n) is 1.85. The van der Waals surface area contributed by atoms with Crippen LogP contribution in [0.4, 0.5) is 10.1 Å². The zero-order valence-corrected chi connectivity index (χ0v) is 12.9. The lowest BCUT2D eigenvalue weighted by Crippen LogP contribution is -2.13. The summed E-state index contributed by atoms with van der Waals surface area (Å²) in [5.41, 5.74) is 1.27. The third-order valence-electron chi connectivity index (χ3n) is 3.07. The molecule has 0 aliphatic heterocycles. The van der Waals surface area contributed by atoms with Crippen LogP contribution in [0.25, 0.3) is 6.08 Å². The number of carbonyl (C=O) groups is 2. The highest BCUT2D eigenvalue weighted by Crippen LogP contribution is 2.24. The molecule has 1 amide bonds. The molecule has 0 spiro atoms. The van der Waals surface area contributed by atoms with E-state index in [1.54, 1.807) is 25.1 Å². The molecule has 0 unspecified atom stereocenters. The summed E-state index contributed by atoms with van der Waals surface area (Å²) < 4.78 is 12.9. The Kier molecular flexibility index (Phi) is 5.13. The molecule has 0 fully saturated rings. The van der Waals surface area contributed by atoms with Gasteiger partial charge >= 0.3 is 5.97 Å². The van der Waals surface area contributed by atoms with Gasteiger partial charge in [0.1, 0.15) is 5.82 Å². The molecule has 0 aliphatic carbocycles. The number of nitrogens with one attached hydrogen (secondary N) is 1. The molecule has 0 atom stereocenters. The molecule has 0 aliphatic rings. The molecule has 118 valence electrons. The SMILES string of the molecule is C/C(=C\c1ccc(F)cc1)C(=O)Nc1cc(C(=O)O)ccc1Cl. The highest BCUT2D eigenvalue weighted by atomic mass is 35.5. The van der Waals surface area contributed by atoms with E-state index in [9.17, 15) is 14.0 Å². The molecule has 23 heavy (non-hydrogen) atoms. The van der Waals surface area contributed by atoms with E-state index < -0.39 is 11.9 Å². The largest absolute Gasteiger partial charge is 0.478 e. The van der Waals surface area contributed by atoms with Gasteiger partial charge in [0.25, 0.3) is 5.91 Å². The lowest BCUT2D eigenvalue weighted by Gasteiger charge is -2.08. The minimum Gasteiger partial charge on any atom is -0.478 e. The summed E-state index contributed by atoms with van der Waals surface area (Å²) in [6.45, 7) is 1.59. The lowest BCUT2D eigenvalue weighted by atomic mass is 10.1. The zero-order valence-electron chi connectivity index (χ0n) is 12.1. The molecule has 0 saturated carbocycles. The van der Waals surface area contributed by atoms with Crippen LogP contribution in [0.5, 0.6) is 0 Å². The number of carboxylic acid groups (broad SMARTS) is 1. The summed E-state index contributed by atoms with van der Waals surface area (Å²) in [5.74, 6) is -1.91. The number of benzene rings is 2. The Morgan fingerprint density at radius 3 is 2.43 bits per heavy atom. The molecule has 0 bridgehead atoms. The van der Waals surface area contributed by atoms with Crippen LogP contribution in [0.15, 0.2) is 48.0 Å². The number of halogens is 2. The van der Waals surface area contributed by atoms with Gasteiger partial charge in [-0.25, -0.2) is 9.18 Å². The van der Waals surface area contributed by atoms with Gasteiger partial charge in [0.2, 0.25) is 0 Å². The van der Waals surface area contributed by atoms with Gasteiger partial charge in [-0.3, -0.25) is 4.79 Å². The number of hydrogen-bond donors (Lipinski definition) is 2. The lowest BCUT2D eigenvalue weighted by molar-refractivity contribution is -0.112. The molecule has 0 saturated heterocycles. The Balaban J connectivity index is 2.19. The van der Waals surface area contributed by atoms with Crippen molar-refractivity contribution in [2.75, 3.05) is 5.32 Å². The van der Waals surface area contributed by atoms with E-state index in [1.165, 1.54) is 30.3 Å². The molecule has 2 rings (SSSR count). The van der Waals surface area contributed by atoms with Crippen LogP contribution in [0.1, 0.15) is 22.8 Å². The molecule has 6 heteroatoms. The second-order valence-corrected chi connectivity index (χ2v) is 5.24. The number of aromatic carboxylic acids is 1. The Hall–Kier alpha value is -2.66. The predicted molar refractivity (Wildman–Crippen MR) is 87.1 cm³/mol. The van der Waals surface area contributed by atoms with Crippen molar-refractivity contribution in [3.8, 4) is 0 Å². The van der Waals surface area contributed by atoms with E-state index in [2.05, 4.69) is 5.32 Å². The van der Waals surface area contributed by atoms with E-state index in [0.717, 1.165) is 0 Å². The second kappa shape index (κ2) is 7.07. The molecule has 2 aromatic carbocycles. The van der Waals surface area contributed by atoms with Crippen LogP contribution in [0, 0.1) is 5.82 Å². The Labute approximate surface area is 137 Å². The minimum absolute atomic E-state index is 0.0184. The normalized spacial score (nSPS) is 11.2. The molecular weight excluding hydrogens is 321 g/mol. The van der Waals surface area contributed by atoms with Crippen LogP contribution < -0.4 is 5.32 Å². The van der Waals surface area contributed by atoms with Crippen LogP contribution in [-0.4, -0.2) is 17.0 Å². The van der Waals surface area contributed by atoms with Gasteiger partial charge in [-0.05, 0) is 48.9 Å². The number of rotatable bonds is 4. The maximum absolute atomic E-state index is 12.9. The van der Waals surface area contributed by atoms with Crippen LogP contribution in [-0.2, 0) is 4.79 Å². The molecule has 4 nitrogen and oxygen atoms in total. The van der Waals surface area contributed by atoms with E-state index in [1.807, 2.05) is 0 Å². The van der Waals surface area contributed by atoms with E-state index in [-0.39, 0.29) is 22.1 Å². The average Bonchev–Trinajstić information content (AvgIpc) is 2.51. The molecule has 2 aromatic rings. The quantitative estimate of drug-likeness (QED) is 0.823. The van der Waals surface area contributed by atoms with Crippen LogP contribution >= 0.6 is 11.6 Å². The summed E-state index contributed by atoms with van der Waals surface area (Å²) in [4.78, 5) is 23.1. The highest BCUT2D eigenvalue weighted by molar-refractivity contribution is 6.34. The fourth-order valence-corrected chi connectivity index (χ4v) is 2.01. The van der Waals surface area contributed by atoms with Gasteiger partial charge < -0.3 is 10.4 Å². The Morgan fingerprint density at radius 1 is 1.17 bits per heavy atom. The first-order valence-corrected chi connectivity index (χ1v) is 7.02. The third kappa shape index (κ3) is 4.40. The first-order valence-electron chi connectivity index (χ1n) is 6.65. The Bertz CT molecular complexity index is 785. The fraction of sp³-hybridized carbons (Fsp3) is 0.0588. The minimum atomic E-state index is -1.12. The molecule has 0 heterocycles. The third-order valence-corrected chi connectivity index (χ3v) is 3.40. The van der Waals surface area contributed by atoms with Crippen molar-refractivity contribution in [2.24, 2.45) is 0 Å². The highest BCUT2D eigenvalue weighted by Gasteiger charge is 2.11. The standard InChI is InChI=1S/C17H13ClFNO3/c1-10(8-11-2-5-13(19)6-3-11)16(21)20-15-9-12(17(22)23)4-7-14(15)18/h2-9H,1H3,(H,20,21)(H,22,23)/b10-8+. The van der Waals surface area contributed by atoms with Crippen molar-refractivity contribution in [3.63, 3.8) is 0 Å². The smallest absolute Gasteiger partial charge is 0.335 e. The number of amides is 1. The van der Waals surface area contributed by atoms with Gasteiger partial charge in [-0.1, -0.05) is 23.7 Å². The van der Waals surface area contributed by atoms with Crippen molar-refractivity contribution in [1.82, 2.24) is 0 Å². The molecule has 0 aromatic heterocycles. The Morgan fingerprint density at radius 2 is 1.83 bits per heavy atom. The first-order chi connectivity index (χ1) is 10.9. The molecule has 2 N–H and O–H groups in total. The number of carbonyl (C=O) groups excluding carboxylic acids is 1. The first kappa shape index (κ1) is 16.7. The number of anilines is 1. The van der Waals surface area contributed by atoms with E-state index >= 15 is 0 Å². The molecular formula is C17H13ClFNO3.